The number of hydrogen-bond acceptors (Lipinski definition) is 3. The number of amides is 2. The molecule has 1 heterocycles. The first-order valence-electron chi connectivity index (χ1n) is 7.40. The monoisotopic (exact) mass is 301 g/mol. The van der Waals surface area contributed by atoms with Crippen molar-refractivity contribution in [3.05, 3.63) is 41.5 Å². The summed E-state index contributed by atoms with van der Waals surface area (Å²) in [5.41, 5.74) is 3.25. The van der Waals surface area contributed by atoms with Gasteiger partial charge in [0.1, 0.15) is 12.2 Å². The van der Waals surface area contributed by atoms with Crippen LogP contribution < -0.4 is 10.6 Å². The molecule has 1 aromatic carbocycles. The number of nitrogens with one attached hydrogen (secondary N) is 2. The van der Waals surface area contributed by atoms with Crippen molar-refractivity contribution in [1.29, 1.82) is 0 Å². The Morgan fingerprint density at radius 2 is 2.00 bits per heavy atom. The fourth-order valence-corrected chi connectivity index (χ4v) is 2.47. The molecule has 118 valence electrons. The molecule has 22 heavy (non-hydrogen) atoms. The number of anilines is 1. The van der Waals surface area contributed by atoms with Crippen molar-refractivity contribution in [1.82, 2.24) is 20.1 Å². The molecule has 0 saturated heterocycles. The molecule has 2 N–H and O–H groups in total. The molecule has 0 unspecified atom stereocenters. The molecule has 0 aliphatic carbocycles. The van der Waals surface area contributed by atoms with Crippen molar-refractivity contribution in [3.63, 3.8) is 0 Å². The fourth-order valence-electron chi connectivity index (χ4n) is 2.47. The van der Waals surface area contributed by atoms with Crippen LogP contribution in [0.15, 0.2) is 24.5 Å². The average Bonchev–Trinajstić information content (AvgIpc) is 2.86. The minimum atomic E-state index is -0.256. The zero-order valence-electron chi connectivity index (χ0n) is 13.7. The Labute approximate surface area is 130 Å². The molecule has 0 aliphatic rings. The Kier molecular flexibility index (Phi) is 4.80. The lowest BCUT2D eigenvalue weighted by molar-refractivity contribution is 0.248. The molecule has 0 saturated carbocycles. The summed E-state index contributed by atoms with van der Waals surface area (Å²) < 4.78 is 1.65. The second-order valence-corrected chi connectivity index (χ2v) is 5.79. The Bertz CT molecular complexity index is 662. The van der Waals surface area contributed by atoms with Gasteiger partial charge >= 0.3 is 6.03 Å². The predicted octanol–water partition coefficient (Wildman–Crippen LogP) is 3.13. The smallest absolute Gasteiger partial charge is 0.319 e. The topological polar surface area (TPSA) is 71.8 Å². The largest absolute Gasteiger partial charge is 0.328 e. The van der Waals surface area contributed by atoms with E-state index in [1.165, 1.54) is 17.5 Å². The minimum Gasteiger partial charge on any atom is -0.328 e. The molecule has 2 aromatic rings. The van der Waals surface area contributed by atoms with Gasteiger partial charge in [-0.3, -0.25) is 4.68 Å². The van der Waals surface area contributed by atoms with Crippen molar-refractivity contribution in [3.8, 4) is 0 Å². The summed E-state index contributed by atoms with van der Waals surface area (Å²) in [6, 6.07) is 5.48. The minimum absolute atomic E-state index is 0.220. The highest BCUT2D eigenvalue weighted by atomic mass is 16.2. The van der Waals surface area contributed by atoms with E-state index in [0.717, 1.165) is 5.69 Å². The Morgan fingerprint density at radius 3 is 2.59 bits per heavy atom. The molecule has 6 nitrogen and oxygen atoms in total. The molecular weight excluding hydrogens is 278 g/mol. The van der Waals surface area contributed by atoms with Crippen LogP contribution in [0.3, 0.4) is 0 Å². The normalized spacial score (nSPS) is 12.3. The molecule has 0 fully saturated rings. The molecule has 2 amide bonds. The van der Waals surface area contributed by atoms with E-state index in [2.05, 4.69) is 41.5 Å². The molecule has 0 spiro atoms. The van der Waals surface area contributed by atoms with E-state index in [4.69, 9.17) is 0 Å². The highest BCUT2D eigenvalue weighted by Crippen LogP contribution is 2.22. The third-order valence-corrected chi connectivity index (χ3v) is 3.64. The van der Waals surface area contributed by atoms with Gasteiger partial charge in [0.25, 0.3) is 0 Å². The first kappa shape index (κ1) is 16.0. The van der Waals surface area contributed by atoms with E-state index in [1.807, 2.05) is 25.1 Å². The molecule has 0 bridgehead atoms. The molecule has 1 aromatic heterocycles. The van der Waals surface area contributed by atoms with Crippen LogP contribution in [0.2, 0.25) is 0 Å². The number of carbonyl (C=O) groups excluding carboxylic acids is 1. The van der Waals surface area contributed by atoms with Crippen molar-refractivity contribution in [2.24, 2.45) is 7.05 Å². The lowest BCUT2D eigenvalue weighted by atomic mass is 9.97. The summed E-state index contributed by atoms with van der Waals surface area (Å²) in [4.78, 5) is 16.2. The van der Waals surface area contributed by atoms with Gasteiger partial charge in [0.2, 0.25) is 0 Å². The van der Waals surface area contributed by atoms with Gasteiger partial charge in [-0.05, 0) is 43.0 Å². The van der Waals surface area contributed by atoms with Crippen LogP contribution in [0.1, 0.15) is 49.7 Å². The maximum Gasteiger partial charge on any atom is 0.319 e. The summed E-state index contributed by atoms with van der Waals surface area (Å²) in [5, 5.41) is 9.73. The van der Waals surface area contributed by atoms with Crippen molar-refractivity contribution in [2.45, 2.75) is 39.7 Å². The Hall–Kier alpha value is -2.37. The van der Waals surface area contributed by atoms with Crippen LogP contribution in [0.4, 0.5) is 10.5 Å². The van der Waals surface area contributed by atoms with Gasteiger partial charge < -0.3 is 10.6 Å². The highest BCUT2D eigenvalue weighted by molar-refractivity contribution is 5.89. The summed E-state index contributed by atoms with van der Waals surface area (Å²) in [6.07, 6.45) is 1.47. The van der Waals surface area contributed by atoms with Gasteiger partial charge in [0.05, 0.1) is 6.04 Å². The van der Waals surface area contributed by atoms with Crippen molar-refractivity contribution in [2.75, 3.05) is 5.32 Å². The van der Waals surface area contributed by atoms with Crippen LogP contribution >= 0.6 is 0 Å². The maximum atomic E-state index is 12.1. The Balaban J connectivity index is 2.03. The number of nitrogens with zero attached hydrogens (tertiary/aromatic N) is 3. The fraction of sp³-hybridized carbons (Fsp3) is 0.438. The van der Waals surface area contributed by atoms with Crippen LogP contribution in [0, 0.1) is 6.92 Å². The van der Waals surface area contributed by atoms with Gasteiger partial charge in [0.15, 0.2) is 0 Å². The van der Waals surface area contributed by atoms with E-state index in [-0.39, 0.29) is 12.1 Å². The highest BCUT2D eigenvalue weighted by Gasteiger charge is 2.14. The summed E-state index contributed by atoms with van der Waals surface area (Å²) in [5.74, 6) is 1.13. The number of aromatic nitrogens is 3. The first-order valence-corrected chi connectivity index (χ1v) is 7.40. The number of rotatable bonds is 4. The zero-order chi connectivity index (χ0) is 16.3. The van der Waals surface area contributed by atoms with E-state index in [9.17, 15) is 4.79 Å². The second kappa shape index (κ2) is 6.60. The summed E-state index contributed by atoms with van der Waals surface area (Å²) in [7, 11) is 1.80. The lowest BCUT2D eigenvalue weighted by Gasteiger charge is -2.16. The van der Waals surface area contributed by atoms with Gasteiger partial charge in [-0.25, -0.2) is 9.78 Å². The lowest BCUT2D eigenvalue weighted by Crippen LogP contribution is -2.32. The molecule has 1 atom stereocenters. The molecular formula is C16H23N5O. The van der Waals surface area contributed by atoms with E-state index in [1.54, 1.807) is 11.7 Å². The number of carbonyl (C=O) groups is 1. The van der Waals surface area contributed by atoms with Crippen LogP contribution in [0.25, 0.3) is 0 Å². The van der Waals surface area contributed by atoms with Gasteiger partial charge in [-0.2, -0.15) is 5.10 Å². The SMILES string of the molecule is Cc1ccc(NC(=O)N[C@H](C)c2ncnn2C)cc1C(C)C. The van der Waals surface area contributed by atoms with Gasteiger partial charge in [-0.15, -0.1) is 0 Å². The van der Waals surface area contributed by atoms with E-state index >= 15 is 0 Å². The Morgan fingerprint density at radius 1 is 1.27 bits per heavy atom. The van der Waals surface area contributed by atoms with Gasteiger partial charge in [-0.1, -0.05) is 19.9 Å². The summed E-state index contributed by atoms with van der Waals surface area (Å²) in [6.45, 7) is 8.23. The quantitative estimate of drug-likeness (QED) is 0.911. The zero-order valence-corrected chi connectivity index (χ0v) is 13.7. The van der Waals surface area contributed by atoms with Crippen molar-refractivity contribution >= 4 is 11.7 Å². The van der Waals surface area contributed by atoms with Crippen LogP contribution in [-0.2, 0) is 7.05 Å². The number of urea groups is 1. The number of aryl methyl sites for hydroxylation is 2. The molecule has 6 heteroatoms. The number of benzene rings is 1. The maximum absolute atomic E-state index is 12.1. The van der Waals surface area contributed by atoms with E-state index in [0.29, 0.717) is 11.7 Å². The predicted molar refractivity (Wildman–Crippen MR) is 86.8 cm³/mol. The standard InChI is InChI=1S/C16H23N5O/c1-10(2)14-8-13(7-6-11(14)3)20-16(22)19-12(4)15-17-9-18-21(15)5/h6-10,12H,1-5H3,(H2,19,20,22)/t12-/m1/s1. The third kappa shape index (κ3) is 3.63. The molecule has 2 rings (SSSR count). The van der Waals surface area contributed by atoms with E-state index < -0.39 is 0 Å². The van der Waals surface area contributed by atoms with Crippen molar-refractivity contribution < 1.29 is 4.79 Å². The molecule has 0 aliphatic heterocycles. The first-order chi connectivity index (χ1) is 10.4. The second-order valence-electron chi connectivity index (χ2n) is 5.79. The van der Waals surface area contributed by atoms with Crippen LogP contribution in [-0.4, -0.2) is 20.8 Å². The number of hydrogen-bond donors (Lipinski definition) is 2. The summed E-state index contributed by atoms with van der Waals surface area (Å²) >= 11 is 0. The van der Waals surface area contributed by atoms with Gasteiger partial charge in [0, 0.05) is 12.7 Å². The average molecular weight is 301 g/mol. The van der Waals surface area contributed by atoms with Crippen LogP contribution in [0.5, 0.6) is 0 Å². The molecule has 0 radical (unpaired) electrons. The third-order valence-electron chi connectivity index (χ3n) is 3.64.